The summed E-state index contributed by atoms with van der Waals surface area (Å²) in [5.41, 5.74) is 0. The predicted molar refractivity (Wildman–Crippen MR) is 53.1 cm³/mol. The summed E-state index contributed by atoms with van der Waals surface area (Å²) in [6.07, 6.45) is 1.61. The summed E-state index contributed by atoms with van der Waals surface area (Å²) >= 11 is 4.91. The molecule has 2 aliphatic rings. The molecule has 1 aromatic rings. The van der Waals surface area contributed by atoms with Crippen molar-refractivity contribution in [2.24, 2.45) is 0 Å². The molecule has 2 fully saturated rings. The van der Waals surface area contributed by atoms with Gasteiger partial charge in [-0.3, -0.25) is 0 Å². The van der Waals surface area contributed by atoms with Crippen LogP contribution in [-0.4, -0.2) is 35.5 Å². The smallest absolute Gasteiger partial charge is 0.209 e. The van der Waals surface area contributed by atoms with Crippen LogP contribution in [0.2, 0.25) is 0 Å². The van der Waals surface area contributed by atoms with Gasteiger partial charge in [0.05, 0.1) is 18.8 Å². The molecule has 0 bridgehead atoms. The van der Waals surface area contributed by atoms with E-state index in [0.717, 1.165) is 28.6 Å². The van der Waals surface area contributed by atoms with Gasteiger partial charge in [-0.15, -0.1) is 10.2 Å². The average Bonchev–Trinajstić information content (AvgIpc) is 2.81. The summed E-state index contributed by atoms with van der Waals surface area (Å²) in [6.45, 7) is 1.77. The Kier molecular flexibility index (Phi) is 1.81. The quantitative estimate of drug-likeness (QED) is 0.764. The zero-order valence-electron chi connectivity index (χ0n) is 6.81. The first-order valence-electron chi connectivity index (χ1n) is 4.22. The average molecular weight is 262 g/mol. The lowest BCUT2D eigenvalue weighted by Crippen LogP contribution is -2.36. The maximum absolute atomic E-state index is 5.51. The lowest BCUT2D eigenvalue weighted by atomic mass is 10.4. The minimum atomic E-state index is 0.455. The molecule has 0 amide bonds. The van der Waals surface area contributed by atoms with Crippen molar-refractivity contribution >= 4 is 32.4 Å². The molecule has 4 nitrogen and oxygen atoms in total. The molecule has 1 saturated carbocycles. The van der Waals surface area contributed by atoms with Gasteiger partial charge >= 0.3 is 0 Å². The Bertz CT molecular complexity index is 331. The van der Waals surface area contributed by atoms with Crippen LogP contribution >= 0.6 is 27.3 Å². The molecule has 70 valence electrons. The van der Waals surface area contributed by atoms with Crippen molar-refractivity contribution in [1.82, 2.24) is 10.2 Å². The van der Waals surface area contributed by atoms with Crippen LogP contribution in [0.15, 0.2) is 3.92 Å². The second kappa shape index (κ2) is 2.90. The van der Waals surface area contributed by atoms with Crippen LogP contribution in [0, 0.1) is 0 Å². The molecule has 0 N–H and O–H groups in total. The Morgan fingerprint density at radius 1 is 1.54 bits per heavy atom. The fourth-order valence-corrected chi connectivity index (χ4v) is 2.86. The van der Waals surface area contributed by atoms with E-state index in [1.54, 1.807) is 11.3 Å². The number of fused-ring (bicyclic) bond motifs is 1. The molecule has 0 aromatic carbocycles. The predicted octanol–water partition coefficient (Wildman–Crippen LogP) is 1.28. The molecule has 2 atom stereocenters. The maximum atomic E-state index is 5.51. The molecule has 1 aromatic heterocycles. The first kappa shape index (κ1) is 8.14. The first-order valence-corrected chi connectivity index (χ1v) is 5.83. The molecule has 1 saturated heterocycles. The molecule has 13 heavy (non-hydrogen) atoms. The SMILES string of the molecule is Brc1nnc(N2CCOC3CC32)s1. The fraction of sp³-hybridized carbons (Fsp3) is 0.714. The Hall–Kier alpha value is -0.200. The summed E-state index contributed by atoms with van der Waals surface area (Å²) in [6, 6.07) is 0.564. The van der Waals surface area contributed by atoms with Gasteiger partial charge in [-0.1, -0.05) is 11.3 Å². The van der Waals surface area contributed by atoms with E-state index in [0.29, 0.717) is 12.1 Å². The number of halogens is 1. The van der Waals surface area contributed by atoms with Crippen LogP contribution in [0.4, 0.5) is 5.13 Å². The molecule has 1 aliphatic carbocycles. The van der Waals surface area contributed by atoms with E-state index in [9.17, 15) is 0 Å². The highest BCUT2D eigenvalue weighted by atomic mass is 79.9. The van der Waals surface area contributed by atoms with Gasteiger partial charge in [-0.25, -0.2) is 0 Å². The Morgan fingerprint density at radius 2 is 2.46 bits per heavy atom. The third-order valence-corrected chi connectivity index (χ3v) is 3.79. The van der Waals surface area contributed by atoms with Crippen molar-refractivity contribution in [3.8, 4) is 0 Å². The maximum Gasteiger partial charge on any atom is 0.209 e. The van der Waals surface area contributed by atoms with Gasteiger partial charge in [0.1, 0.15) is 0 Å². The van der Waals surface area contributed by atoms with Gasteiger partial charge in [0.15, 0.2) is 3.92 Å². The van der Waals surface area contributed by atoms with Gasteiger partial charge in [-0.05, 0) is 22.4 Å². The van der Waals surface area contributed by atoms with Gasteiger partial charge in [0, 0.05) is 6.54 Å². The molecule has 0 spiro atoms. The first-order chi connectivity index (χ1) is 6.34. The van der Waals surface area contributed by atoms with E-state index in [-0.39, 0.29) is 0 Å². The van der Waals surface area contributed by atoms with E-state index >= 15 is 0 Å². The largest absolute Gasteiger partial charge is 0.374 e. The molecular weight excluding hydrogens is 254 g/mol. The number of hydrogen-bond acceptors (Lipinski definition) is 5. The van der Waals surface area contributed by atoms with Crippen LogP contribution in [0.1, 0.15) is 6.42 Å². The van der Waals surface area contributed by atoms with Crippen molar-refractivity contribution in [3.05, 3.63) is 3.92 Å². The highest BCUT2D eigenvalue weighted by molar-refractivity contribution is 9.11. The monoisotopic (exact) mass is 261 g/mol. The zero-order valence-corrected chi connectivity index (χ0v) is 9.21. The standard InChI is InChI=1S/C7H8BrN3OS/c8-6-9-10-7(13-6)11-1-2-12-5-3-4(5)11/h4-5H,1-3H2. The summed E-state index contributed by atoms with van der Waals surface area (Å²) in [5.74, 6) is 0. The molecule has 3 rings (SSSR count). The number of anilines is 1. The number of rotatable bonds is 1. The molecule has 2 heterocycles. The Labute approximate surface area is 88.0 Å². The summed E-state index contributed by atoms with van der Waals surface area (Å²) in [7, 11) is 0. The van der Waals surface area contributed by atoms with E-state index in [1.807, 2.05) is 0 Å². The Balaban J connectivity index is 1.84. The number of ether oxygens (including phenoxy) is 1. The fourth-order valence-electron chi connectivity index (χ4n) is 1.69. The number of hydrogen-bond donors (Lipinski definition) is 0. The van der Waals surface area contributed by atoms with Crippen molar-refractivity contribution in [3.63, 3.8) is 0 Å². The van der Waals surface area contributed by atoms with Crippen LogP contribution in [0.25, 0.3) is 0 Å². The third-order valence-electron chi connectivity index (χ3n) is 2.40. The summed E-state index contributed by atoms with van der Waals surface area (Å²) in [4.78, 5) is 2.30. The van der Waals surface area contributed by atoms with Crippen molar-refractivity contribution in [1.29, 1.82) is 0 Å². The highest BCUT2D eigenvalue weighted by Crippen LogP contribution is 2.39. The zero-order chi connectivity index (χ0) is 8.84. The van der Waals surface area contributed by atoms with Crippen LogP contribution < -0.4 is 4.90 Å². The highest BCUT2D eigenvalue weighted by Gasteiger charge is 2.46. The van der Waals surface area contributed by atoms with Gasteiger partial charge in [0.2, 0.25) is 5.13 Å². The van der Waals surface area contributed by atoms with Crippen molar-refractivity contribution < 1.29 is 4.74 Å². The molecule has 0 radical (unpaired) electrons. The summed E-state index contributed by atoms with van der Waals surface area (Å²) < 4.78 is 6.37. The topological polar surface area (TPSA) is 38.2 Å². The van der Waals surface area contributed by atoms with E-state index < -0.39 is 0 Å². The van der Waals surface area contributed by atoms with E-state index in [1.165, 1.54) is 0 Å². The van der Waals surface area contributed by atoms with E-state index in [4.69, 9.17) is 4.74 Å². The van der Waals surface area contributed by atoms with E-state index in [2.05, 4.69) is 31.0 Å². The molecule has 2 unspecified atom stereocenters. The van der Waals surface area contributed by atoms with Gasteiger partial charge < -0.3 is 9.64 Å². The van der Waals surface area contributed by atoms with Crippen molar-refractivity contribution in [2.45, 2.75) is 18.6 Å². The van der Waals surface area contributed by atoms with Crippen molar-refractivity contribution in [2.75, 3.05) is 18.1 Å². The second-order valence-electron chi connectivity index (χ2n) is 3.24. The van der Waals surface area contributed by atoms with Gasteiger partial charge in [0.25, 0.3) is 0 Å². The summed E-state index contributed by atoms with van der Waals surface area (Å²) in [5, 5.41) is 9.07. The minimum absolute atomic E-state index is 0.455. The lowest BCUT2D eigenvalue weighted by molar-refractivity contribution is 0.103. The molecular formula is C7H8BrN3OS. The number of nitrogens with zero attached hydrogens (tertiary/aromatic N) is 3. The normalized spacial score (nSPS) is 31.6. The van der Waals surface area contributed by atoms with Crippen LogP contribution in [0.5, 0.6) is 0 Å². The molecule has 1 aliphatic heterocycles. The number of aromatic nitrogens is 2. The molecule has 6 heteroatoms. The Morgan fingerprint density at radius 3 is 3.23 bits per heavy atom. The van der Waals surface area contributed by atoms with Gasteiger partial charge in [-0.2, -0.15) is 0 Å². The third kappa shape index (κ3) is 1.37. The van der Waals surface area contributed by atoms with Crippen LogP contribution in [-0.2, 0) is 4.74 Å². The van der Waals surface area contributed by atoms with Crippen LogP contribution in [0.3, 0.4) is 0 Å². The lowest BCUT2D eigenvalue weighted by Gasteiger charge is -2.25. The minimum Gasteiger partial charge on any atom is -0.374 e. The number of morpholine rings is 1. The second-order valence-corrected chi connectivity index (χ2v) is 5.48.